The third-order valence-electron chi connectivity index (χ3n) is 3.63. The number of hydrogen-bond acceptors (Lipinski definition) is 8. The van der Waals surface area contributed by atoms with Crippen LogP contribution in [0.15, 0.2) is 58.6 Å². The van der Waals surface area contributed by atoms with E-state index in [9.17, 15) is 25.1 Å². The van der Waals surface area contributed by atoms with E-state index in [0.717, 1.165) is 23.0 Å². The molecule has 3 N–H and O–H groups in total. The van der Waals surface area contributed by atoms with Crippen molar-refractivity contribution in [1.29, 1.82) is 0 Å². The number of nitro benzene ring substituents is 1. The summed E-state index contributed by atoms with van der Waals surface area (Å²) < 4.78 is 1.12. The number of phenols is 2. The second-order valence-electron chi connectivity index (χ2n) is 5.45. The second-order valence-corrected chi connectivity index (χ2v) is 5.83. The van der Waals surface area contributed by atoms with Crippen molar-refractivity contribution in [2.45, 2.75) is 0 Å². The van der Waals surface area contributed by atoms with E-state index in [1.165, 1.54) is 6.20 Å². The van der Waals surface area contributed by atoms with E-state index >= 15 is 0 Å². The number of aromatic hydroxyl groups is 2. The molecule has 0 aliphatic heterocycles. The summed E-state index contributed by atoms with van der Waals surface area (Å²) in [6, 6.07) is 10.4. The first-order valence-electron chi connectivity index (χ1n) is 7.71. The van der Waals surface area contributed by atoms with Gasteiger partial charge < -0.3 is 10.2 Å². The molecule has 0 unspecified atom stereocenters. The van der Waals surface area contributed by atoms with Crippen LogP contribution in [0.5, 0.6) is 11.5 Å². The van der Waals surface area contributed by atoms with E-state index in [-0.39, 0.29) is 16.3 Å². The van der Waals surface area contributed by atoms with Crippen LogP contribution >= 0.6 is 11.6 Å². The zero-order valence-electron chi connectivity index (χ0n) is 14.0. The summed E-state index contributed by atoms with van der Waals surface area (Å²) in [5, 5.41) is 37.7. The monoisotopic (exact) mass is 401 g/mol. The van der Waals surface area contributed by atoms with Gasteiger partial charge in [0.15, 0.2) is 5.75 Å². The van der Waals surface area contributed by atoms with E-state index in [1.54, 1.807) is 30.3 Å². The van der Waals surface area contributed by atoms with E-state index < -0.39 is 27.7 Å². The Hall–Kier alpha value is -3.92. The summed E-state index contributed by atoms with van der Waals surface area (Å²) in [4.78, 5) is 22.4. The number of nitro groups is 1. The highest BCUT2D eigenvalue weighted by atomic mass is 35.5. The van der Waals surface area contributed by atoms with E-state index in [1.807, 2.05) is 0 Å². The minimum absolute atomic E-state index is 0.0290. The van der Waals surface area contributed by atoms with Crippen molar-refractivity contribution in [3.8, 4) is 17.2 Å². The van der Waals surface area contributed by atoms with Crippen LogP contribution < -0.4 is 11.0 Å². The standard InChI is InChI=1S/C17H12ClN5O5/c18-16-12(9-20-22(17(16)26)11-4-2-1-3-5-11)21-19-8-10-6-13(23(27)28)15(25)7-14(10)24/h1-9,21,24-25H/b19-8+. The number of hydrazone groups is 1. The van der Waals surface area contributed by atoms with Gasteiger partial charge in [-0.1, -0.05) is 29.8 Å². The van der Waals surface area contributed by atoms with Gasteiger partial charge in [-0.15, -0.1) is 0 Å². The SMILES string of the molecule is O=c1c(Cl)c(N/N=C/c2cc([N+](=O)[O-])c(O)cc2O)cnn1-c1ccccc1. The van der Waals surface area contributed by atoms with Crippen molar-refractivity contribution >= 4 is 29.2 Å². The van der Waals surface area contributed by atoms with Gasteiger partial charge in [0.1, 0.15) is 16.5 Å². The molecule has 1 heterocycles. The number of hydrogen-bond donors (Lipinski definition) is 3. The maximum atomic E-state index is 12.4. The molecule has 10 nitrogen and oxygen atoms in total. The van der Waals surface area contributed by atoms with Gasteiger partial charge in [0.25, 0.3) is 5.56 Å². The number of nitrogens with zero attached hydrogens (tertiary/aromatic N) is 4. The van der Waals surface area contributed by atoms with Crippen molar-refractivity contribution in [2.24, 2.45) is 5.10 Å². The van der Waals surface area contributed by atoms with Gasteiger partial charge in [-0.05, 0) is 12.1 Å². The maximum absolute atomic E-state index is 12.4. The van der Waals surface area contributed by atoms with Crippen molar-refractivity contribution in [3.63, 3.8) is 0 Å². The van der Waals surface area contributed by atoms with Crippen molar-refractivity contribution in [3.05, 3.63) is 79.7 Å². The normalized spacial score (nSPS) is 10.9. The molecule has 0 amide bonds. The van der Waals surface area contributed by atoms with Gasteiger partial charge in [-0.2, -0.15) is 14.9 Å². The maximum Gasteiger partial charge on any atom is 0.311 e. The molecular weight excluding hydrogens is 390 g/mol. The van der Waals surface area contributed by atoms with E-state index in [4.69, 9.17) is 11.6 Å². The Kier molecular flexibility index (Phi) is 5.23. The van der Waals surface area contributed by atoms with Crippen molar-refractivity contribution in [2.75, 3.05) is 5.43 Å². The van der Waals surface area contributed by atoms with Gasteiger partial charge in [-0.25, -0.2) is 0 Å². The number of aromatic nitrogens is 2. The van der Waals surface area contributed by atoms with E-state index in [2.05, 4.69) is 15.6 Å². The van der Waals surface area contributed by atoms with Gasteiger partial charge >= 0.3 is 5.69 Å². The second kappa shape index (κ2) is 7.76. The molecule has 3 rings (SSSR count). The molecule has 0 atom stereocenters. The van der Waals surface area contributed by atoms with Crippen LogP contribution in [-0.4, -0.2) is 31.1 Å². The molecule has 0 bridgehead atoms. The molecule has 0 spiro atoms. The van der Waals surface area contributed by atoms with Crippen LogP contribution in [0.1, 0.15) is 5.56 Å². The first kappa shape index (κ1) is 18.9. The Morgan fingerprint density at radius 1 is 1.21 bits per heavy atom. The van der Waals surface area contributed by atoms with Crippen molar-refractivity contribution < 1.29 is 15.1 Å². The summed E-state index contributed by atoms with van der Waals surface area (Å²) in [6.07, 6.45) is 2.36. The molecule has 1 aromatic heterocycles. The summed E-state index contributed by atoms with van der Waals surface area (Å²) >= 11 is 6.07. The number of phenolic OH excluding ortho intramolecular Hbond substituents is 2. The third-order valence-corrected chi connectivity index (χ3v) is 3.99. The lowest BCUT2D eigenvalue weighted by atomic mass is 10.2. The molecule has 28 heavy (non-hydrogen) atoms. The molecule has 142 valence electrons. The Labute approximate surface area is 162 Å². The van der Waals surface area contributed by atoms with Crippen LogP contribution in [0.25, 0.3) is 5.69 Å². The van der Waals surface area contributed by atoms with Crippen LogP contribution in [0.3, 0.4) is 0 Å². The molecule has 0 radical (unpaired) electrons. The topological polar surface area (TPSA) is 143 Å². The first-order valence-corrected chi connectivity index (χ1v) is 8.09. The molecule has 0 fully saturated rings. The zero-order valence-corrected chi connectivity index (χ0v) is 14.7. The largest absolute Gasteiger partial charge is 0.507 e. The molecule has 0 saturated heterocycles. The minimum Gasteiger partial charge on any atom is -0.507 e. The predicted octanol–water partition coefficient (Wildman–Crippen LogP) is 2.65. The van der Waals surface area contributed by atoms with E-state index in [0.29, 0.717) is 5.69 Å². The quantitative estimate of drug-likeness (QED) is 0.338. The fourth-order valence-electron chi connectivity index (χ4n) is 2.27. The average Bonchev–Trinajstić information content (AvgIpc) is 2.67. The number of anilines is 1. The number of halogens is 1. The van der Waals surface area contributed by atoms with Crippen molar-refractivity contribution in [1.82, 2.24) is 9.78 Å². The van der Waals surface area contributed by atoms with Gasteiger partial charge in [0.2, 0.25) is 0 Å². The fourth-order valence-corrected chi connectivity index (χ4v) is 2.44. The lowest BCUT2D eigenvalue weighted by Gasteiger charge is -2.07. The van der Waals surface area contributed by atoms with Gasteiger partial charge in [0, 0.05) is 17.7 Å². The lowest BCUT2D eigenvalue weighted by molar-refractivity contribution is -0.385. The molecule has 0 aliphatic carbocycles. The summed E-state index contributed by atoms with van der Waals surface area (Å²) in [5.41, 5.74) is 1.93. The average molecular weight is 402 g/mol. The summed E-state index contributed by atoms with van der Waals surface area (Å²) in [5.74, 6) is -1.10. The number of rotatable bonds is 5. The zero-order chi connectivity index (χ0) is 20.3. The fraction of sp³-hybridized carbons (Fsp3) is 0. The number of benzene rings is 2. The van der Waals surface area contributed by atoms with Crippen LogP contribution in [-0.2, 0) is 0 Å². The Balaban J connectivity index is 1.86. The Bertz CT molecular complexity index is 1130. The number of para-hydroxylation sites is 1. The van der Waals surface area contributed by atoms with Crippen LogP contribution in [0.4, 0.5) is 11.4 Å². The molecule has 3 aromatic rings. The van der Waals surface area contributed by atoms with Crippen LogP contribution in [0.2, 0.25) is 5.02 Å². The number of nitrogens with one attached hydrogen (secondary N) is 1. The summed E-state index contributed by atoms with van der Waals surface area (Å²) in [7, 11) is 0. The van der Waals surface area contributed by atoms with Crippen LogP contribution in [0, 0.1) is 10.1 Å². The highest BCUT2D eigenvalue weighted by Gasteiger charge is 2.16. The highest BCUT2D eigenvalue weighted by molar-refractivity contribution is 6.32. The van der Waals surface area contributed by atoms with Gasteiger partial charge in [0.05, 0.1) is 23.0 Å². The molecule has 11 heteroatoms. The Morgan fingerprint density at radius 2 is 1.93 bits per heavy atom. The lowest BCUT2D eigenvalue weighted by Crippen LogP contribution is -2.22. The predicted molar refractivity (Wildman–Crippen MR) is 102 cm³/mol. The van der Waals surface area contributed by atoms with Gasteiger partial charge in [-0.3, -0.25) is 20.3 Å². The third kappa shape index (κ3) is 3.76. The molecule has 2 aromatic carbocycles. The summed E-state index contributed by atoms with van der Waals surface area (Å²) in [6.45, 7) is 0. The molecular formula is C17H12ClN5O5. The smallest absolute Gasteiger partial charge is 0.311 e. The highest BCUT2D eigenvalue weighted by Crippen LogP contribution is 2.32. The molecule has 0 saturated carbocycles. The molecule has 0 aliphatic rings. The minimum atomic E-state index is -0.802. The first-order chi connectivity index (χ1) is 13.4. The Morgan fingerprint density at radius 3 is 2.61 bits per heavy atom.